The maximum absolute atomic E-state index is 5.59. The Morgan fingerprint density at radius 2 is 2.00 bits per heavy atom. The van der Waals surface area contributed by atoms with Gasteiger partial charge in [0.25, 0.3) is 0 Å². The molecule has 7 nitrogen and oxygen atoms in total. The Bertz CT molecular complexity index is 1630. The lowest BCUT2D eigenvalue weighted by molar-refractivity contribution is 0.399. The van der Waals surface area contributed by atoms with Crippen LogP contribution in [0.2, 0.25) is 0 Å². The van der Waals surface area contributed by atoms with E-state index in [9.17, 15) is 0 Å². The number of allylic oxidation sites excluding steroid dienone is 5. The molecule has 0 saturated carbocycles. The summed E-state index contributed by atoms with van der Waals surface area (Å²) in [5, 5.41) is 0. The molecule has 0 aliphatic heterocycles. The fourth-order valence-electron chi connectivity index (χ4n) is 3.82. The number of fused-ring (bicyclic) bond motifs is 1. The lowest BCUT2D eigenvalue weighted by atomic mass is 10.0. The maximum atomic E-state index is 5.59. The highest BCUT2D eigenvalue weighted by Crippen LogP contribution is 2.38. The minimum absolute atomic E-state index is 0.493. The van der Waals surface area contributed by atoms with Crippen LogP contribution in [0, 0.1) is 18.8 Å². The third-order valence-electron chi connectivity index (χ3n) is 5.61. The Morgan fingerprint density at radius 1 is 1.16 bits per heavy atom. The third-order valence-corrected chi connectivity index (χ3v) is 5.61. The van der Waals surface area contributed by atoms with Crippen LogP contribution in [0.25, 0.3) is 28.2 Å². The van der Waals surface area contributed by atoms with E-state index in [2.05, 4.69) is 34.5 Å². The Labute approximate surface area is 223 Å². The zero-order chi connectivity index (χ0) is 27.1. The first kappa shape index (κ1) is 26.1. The van der Waals surface area contributed by atoms with Crippen molar-refractivity contribution < 1.29 is 4.74 Å². The molecule has 0 fully saturated rings. The highest BCUT2D eigenvalue weighted by molar-refractivity contribution is 5.86. The van der Waals surface area contributed by atoms with E-state index >= 15 is 0 Å². The summed E-state index contributed by atoms with van der Waals surface area (Å²) in [6, 6.07) is 11.8. The molecule has 0 radical (unpaired) electrons. The van der Waals surface area contributed by atoms with Crippen LogP contribution in [0.3, 0.4) is 0 Å². The van der Waals surface area contributed by atoms with Gasteiger partial charge in [-0.15, -0.1) is 0 Å². The summed E-state index contributed by atoms with van der Waals surface area (Å²) < 4.78 is 7.64. The predicted molar refractivity (Wildman–Crippen MR) is 155 cm³/mol. The standard InChI is InChI=1S/C31H30N6O/c1-7-9-11-23(8-2)13-15-26-24(14-16-27(34-26)33-21-36(4)5)30-29(25-12-10-18-32-31(25)38-6)35-28-20-22(3)17-19-37(28)30/h7-12,14,16-21H,1H2,2-6H3/b11-9-,23-8+,33-21?. The van der Waals surface area contributed by atoms with E-state index in [1.165, 1.54) is 0 Å². The normalized spacial score (nSPS) is 11.7. The second-order valence-electron chi connectivity index (χ2n) is 8.66. The minimum Gasteiger partial charge on any atom is -0.481 e. The van der Waals surface area contributed by atoms with Gasteiger partial charge in [-0.2, -0.15) is 0 Å². The summed E-state index contributed by atoms with van der Waals surface area (Å²) in [6.07, 6.45) is 12.9. The molecular formula is C31H30N6O. The summed E-state index contributed by atoms with van der Waals surface area (Å²) in [5.74, 6) is 7.57. The smallest absolute Gasteiger partial charge is 0.222 e. The van der Waals surface area contributed by atoms with Crippen molar-refractivity contribution in [3.05, 3.63) is 96.5 Å². The molecule has 0 amide bonds. The van der Waals surface area contributed by atoms with Gasteiger partial charge in [0.05, 0.1) is 24.7 Å². The first-order valence-corrected chi connectivity index (χ1v) is 12.1. The first-order chi connectivity index (χ1) is 18.4. The average molecular weight is 503 g/mol. The van der Waals surface area contributed by atoms with Crippen molar-refractivity contribution in [1.29, 1.82) is 0 Å². The molecule has 0 atom stereocenters. The third kappa shape index (κ3) is 5.71. The molecule has 0 bridgehead atoms. The molecule has 0 N–H and O–H groups in total. The first-order valence-electron chi connectivity index (χ1n) is 12.1. The van der Waals surface area contributed by atoms with Crippen molar-refractivity contribution in [1.82, 2.24) is 24.3 Å². The summed E-state index contributed by atoms with van der Waals surface area (Å²) in [7, 11) is 5.43. The van der Waals surface area contributed by atoms with E-state index < -0.39 is 0 Å². The van der Waals surface area contributed by atoms with Crippen molar-refractivity contribution in [3.8, 4) is 40.2 Å². The molecule has 0 aliphatic rings. The molecule has 4 heterocycles. The summed E-state index contributed by atoms with van der Waals surface area (Å²) in [5.41, 5.74) is 6.51. The Kier molecular flexibility index (Phi) is 8.14. The molecule has 7 heteroatoms. The van der Waals surface area contributed by atoms with Crippen molar-refractivity contribution in [2.75, 3.05) is 21.2 Å². The van der Waals surface area contributed by atoms with Gasteiger partial charge in [0, 0.05) is 37.6 Å². The van der Waals surface area contributed by atoms with Gasteiger partial charge in [-0.1, -0.05) is 30.7 Å². The zero-order valence-corrected chi connectivity index (χ0v) is 22.3. The quantitative estimate of drug-likeness (QED) is 0.133. The lowest BCUT2D eigenvalue weighted by Crippen LogP contribution is -2.07. The Morgan fingerprint density at radius 3 is 2.74 bits per heavy atom. The SMILES string of the molecule is C=C/C=C\C(C#Cc1nc(N=CN(C)C)ccc1-c1c(-c2cccnc2OC)nc2cc(C)ccn12)=C/C. The van der Waals surface area contributed by atoms with Gasteiger partial charge < -0.3 is 9.64 Å². The van der Waals surface area contributed by atoms with Gasteiger partial charge in [0.15, 0.2) is 5.82 Å². The molecule has 4 aromatic rings. The number of aliphatic imine (C=N–C) groups is 1. The number of imidazole rings is 1. The van der Waals surface area contributed by atoms with Gasteiger partial charge in [0.1, 0.15) is 17.0 Å². The van der Waals surface area contributed by atoms with Gasteiger partial charge in [0.2, 0.25) is 5.88 Å². The summed E-state index contributed by atoms with van der Waals surface area (Å²) in [6.45, 7) is 7.74. The lowest BCUT2D eigenvalue weighted by Gasteiger charge is -2.11. The molecule has 0 aliphatic carbocycles. The number of ether oxygens (including phenoxy) is 1. The molecule has 190 valence electrons. The van der Waals surface area contributed by atoms with Crippen LogP contribution in [0.4, 0.5) is 5.82 Å². The van der Waals surface area contributed by atoms with E-state index in [1.54, 1.807) is 25.7 Å². The van der Waals surface area contributed by atoms with Crippen LogP contribution in [-0.2, 0) is 0 Å². The molecule has 0 saturated heterocycles. The van der Waals surface area contributed by atoms with Crippen molar-refractivity contribution >= 4 is 17.8 Å². The number of nitrogens with zero attached hydrogens (tertiary/aromatic N) is 6. The second-order valence-corrected chi connectivity index (χ2v) is 8.66. The summed E-state index contributed by atoms with van der Waals surface area (Å²) in [4.78, 5) is 20.6. The van der Waals surface area contributed by atoms with Crippen molar-refractivity contribution in [3.63, 3.8) is 0 Å². The second kappa shape index (κ2) is 11.8. The molecular weight excluding hydrogens is 472 g/mol. The highest BCUT2D eigenvalue weighted by Gasteiger charge is 2.22. The average Bonchev–Trinajstić information content (AvgIpc) is 3.30. The number of hydrogen-bond acceptors (Lipinski definition) is 5. The van der Waals surface area contributed by atoms with Crippen molar-refractivity contribution in [2.24, 2.45) is 4.99 Å². The van der Waals surface area contributed by atoms with Crippen molar-refractivity contribution in [2.45, 2.75) is 13.8 Å². The summed E-state index contributed by atoms with van der Waals surface area (Å²) >= 11 is 0. The Balaban J connectivity index is 2.03. The van der Waals surface area contributed by atoms with E-state index in [4.69, 9.17) is 14.7 Å². The van der Waals surface area contributed by atoms with E-state index in [0.29, 0.717) is 17.4 Å². The Hall–Kier alpha value is -4.96. The molecule has 0 aromatic carbocycles. The fourth-order valence-corrected chi connectivity index (χ4v) is 3.82. The zero-order valence-electron chi connectivity index (χ0n) is 22.3. The molecule has 38 heavy (non-hydrogen) atoms. The topological polar surface area (TPSA) is 67.9 Å². The molecule has 4 rings (SSSR count). The highest BCUT2D eigenvalue weighted by atomic mass is 16.5. The number of aromatic nitrogens is 4. The number of pyridine rings is 3. The number of hydrogen-bond donors (Lipinski definition) is 0. The van der Waals surface area contributed by atoms with Crippen LogP contribution >= 0.6 is 0 Å². The van der Waals surface area contributed by atoms with Crippen LogP contribution < -0.4 is 4.74 Å². The van der Waals surface area contributed by atoms with E-state index in [-0.39, 0.29) is 0 Å². The molecule has 4 aromatic heterocycles. The largest absolute Gasteiger partial charge is 0.481 e. The minimum atomic E-state index is 0.493. The van der Waals surface area contributed by atoms with Crippen LogP contribution in [-0.4, -0.2) is 51.8 Å². The maximum Gasteiger partial charge on any atom is 0.222 e. The van der Waals surface area contributed by atoms with Gasteiger partial charge in [-0.05, 0) is 67.8 Å². The molecule has 0 unspecified atom stereocenters. The number of aryl methyl sites for hydroxylation is 1. The van der Waals surface area contributed by atoms with Gasteiger partial charge >= 0.3 is 0 Å². The van der Waals surface area contributed by atoms with Gasteiger partial charge in [-0.25, -0.2) is 19.9 Å². The van der Waals surface area contributed by atoms with Crippen LogP contribution in [0.15, 0.2) is 90.2 Å². The van der Waals surface area contributed by atoms with Crippen LogP contribution in [0.5, 0.6) is 5.88 Å². The number of methoxy groups -OCH3 is 1. The molecule has 0 spiro atoms. The van der Waals surface area contributed by atoms with Crippen LogP contribution in [0.1, 0.15) is 18.2 Å². The monoisotopic (exact) mass is 502 g/mol. The number of rotatable bonds is 7. The van der Waals surface area contributed by atoms with Gasteiger partial charge in [-0.3, -0.25) is 4.40 Å². The van der Waals surface area contributed by atoms with E-state index in [1.807, 2.05) is 92.0 Å². The predicted octanol–water partition coefficient (Wildman–Crippen LogP) is 6.04. The fraction of sp³-hybridized carbons (Fsp3) is 0.161. The van der Waals surface area contributed by atoms with E-state index in [0.717, 1.165) is 39.3 Å².